The molecule has 0 atom stereocenters. The lowest BCUT2D eigenvalue weighted by molar-refractivity contribution is 0.0975. The summed E-state index contributed by atoms with van der Waals surface area (Å²) in [7, 11) is 0. The summed E-state index contributed by atoms with van der Waals surface area (Å²) < 4.78 is 0. The van der Waals surface area contributed by atoms with Crippen molar-refractivity contribution in [2.45, 2.75) is 45.4 Å². The average molecular weight is 194 g/mol. The quantitative estimate of drug-likeness (QED) is 0.535. The van der Waals surface area contributed by atoms with Gasteiger partial charge in [-0.15, -0.1) is 0 Å². The lowest BCUT2D eigenvalue weighted by atomic mass is 10.1. The van der Waals surface area contributed by atoms with Crippen LogP contribution in [0.5, 0.6) is 0 Å². The van der Waals surface area contributed by atoms with Crippen LogP contribution in [0.15, 0.2) is 12.5 Å². The molecule has 3 heteroatoms. The molecule has 0 aromatic carbocycles. The standard InChI is InChI=1S/C11H18N2O/c1-2-3-4-5-6-7-11(14)10-8-12-9-13-10/h8-9H,2-7H2,1H3,(H,12,13). The first-order chi connectivity index (χ1) is 6.84. The molecule has 1 N–H and O–H groups in total. The van der Waals surface area contributed by atoms with Gasteiger partial charge in [0.2, 0.25) is 0 Å². The maximum absolute atomic E-state index is 11.5. The van der Waals surface area contributed by atoms with Gasteiger partial charge in [0.15, 0.2) is 5.78 Å². The van der Waals surface area contributed by atoms with Crippen molar-refractivity contribution in [3.63, 3.8) is 0 Å². The van der Waals surface area contributed by atoms with Gasteiger partial charge in [-0.05, 0) is 6.42 Å². The number of carbonyl (C=O) groups is 1. The Morgan fingerprint density at radius 1 is 1.36 bits per heavy atom. The van der Waals surface area contributed by atoms with Crippen molar-refractivity contribution < 1.29 is 4.79 Å². The van der Waals surface area contributed by atoms with Crippen LogP contribution in [0.25, 0.3) is 0 Å². The van der Waals surface area contributed by atoms with E-state index in [1.54, 1.807) is 12.5 Å². The number of rotatable bonds is 7. The number of hydrogen-bond donors (Lipinski definition) is 1. The molecule has 0 fully saturated rings. The molecular formula is C11H18N2O. The highest BCUT2D eigenvalue weighted by Crippen LogP contribution is 2.07. The van der Waals surface area contributed by atoms with E-state index in [-0.39, 0.29) is 5.78 Å². The molecule has 0 aliphatic rings. The summed E-state index contributed by atoms with van der Waals surface area (Å²) in [5.41, 5.74) is 0.639. The van der Waals surface area contributed by atoms with E-state index in [2.05, 4.69) is 16.9 Å². The van der Waals surface area contributed by atoms with Gasteiger partial charge in [0, 0.05) is 6.42 Å². The van der Waals surface area contributed by atoms with Gasteiger partial charge in [0.1, 0.15) is 5.69 Å². The minimum Gasteiger partial charge on any atom is -0.342 e. The second-order valence-corrected chi connectivity index (χ2v) is 3.55. The van der Waals surface area contributed by atoms with Gasteiger partial charge in [-0.2, -0.15) is 0 Å². The molecule has 0 aliphatic heterocycles. The molecule has 0 bridgehead atoms. The second kappa shape index (κ2) is 6.35. The van der Waals surface area contributed by atoms with E-state index >= 15 is 0 Å². The van der Waals surface area contributed by atoms with Crippen molar-refractivity contribution in [2.75, 3.05) is 0 Å². The molecule has 0 spiro atoms. The number of carbonyl (C=O) groups excluding carboxylic acids is 1. The van der Waals surface area contributed by atoms with E-state index in [0.717, 1.165) is 12.8 Å². The number of nitrogens with zero attached hydrogens (tertiary/aromatic N) is 1. The summed E-state index contributed by atoms with van der Waals surface area (Å²) in [5, 5.41) is 0. The van der Waals surface area contributed by atoms with Crippen molar-refractivity contribution in [1.82, 2.24) is 9.97 Å². The Hall–Kier alpha value is -1.12. The summed E-state index contributed by atoms with van der Waals surface area (Å²) in [4.78, 5) is 18.1. The highest BCUT2D eigenvalue weighted by molar-refractivity contribution is 5.93. The van der Waals surface area contributed by atoms with E-state index in [0.29, 0.717) is 12.1 Å². The number of hydrogen-bond acceptors (Lipinski definition) is 2. The van der Waals surface area contributed by atoms with Crippen LogP contribution < -0.4 is 0 Å². The molecule has 3 nitrogen and oxygen atoms in total. The maximum atomic E-state index is 11.5. The fraction of sp³-hybridized carbons (Fsp3) is 0.636. The number of unbranched alkanes of at least 4 members (excludes halogenated alkanes) is 4. The van der Waals surface area contributed by atoms with Crippen LogP contribution in [0.4, 0.5) is 0 Å². The number of aromatic nitrogens is 2. The van der Waals surface area contributed by atoms with E-state index < -0.39 is 0 Å². The molecule has 0 unspecified atom stereocenters. The molecule has 1 rings (SSSR count). The SMILES string of the molecule is CCCCCCCC(=O)c1cnc[nH]1. The zero-order valence-corrected chi connectivity index (χ0v) is 8.75. The predicted molar refractivity (Wildman–Crippen MR) is 56.3 cm³/mol. The average Bonchev–Trinajstić information content (AvgIpc) is 2.70. The van der Waals surface area contributed by atoms with Crippen molar-refractivity contribution in [1.29, 1.82) is 0 Å². The Labute approximate surface area is 84.9 Å². The Balaban J connectivity index is 2.10. The van der Waals surface area contributed by atoms with Gasteiger partial charge in [-0.25, -0.2) is 4.98 Å². The first-order valence-electron chi connectivity index (χ1n) is 5.36. The first kappa shape index (κ1) is 11.0. The lowest BCUT2D eigenvalue weighted by Crippen LogP contribution is -1.98. The van der Waals surface area contributed by atoms with Crippen LogP contribution in [0.2, 0.25) is 0 Å². The molecule has 14 heavy (non-hydrogen) atoms. The molecule has 0 saturated carbocycles. The summed E-state index contributed by atoms with van der Waals surface area (Å²) in [5.74, 6) is 0.180. The Morgan fingerprint density at radius 3 is 2.79 bits per heavy atom. The van der Waals surface area contributed by atoms with Crippen molar-refractivity contribution >= 4 is 5.78 Å². The zero-order valence-electron chi connectivity index (χ0n) is 8.75. The molecule has 78 valence electrons. The number of Topliss-reactive ketones (excluding diaryl/α,β-unsaturated/α-hetero) is 1. The molecule has 0 amide bonds. The molecule has 1 aromatic heterocycles. The van der Waals surface area contributed by atoms with Crippen LogP contribution in [-0.4, -0.2) is 15.8 Å². The topological polar surface area (TPSA) is 45.8 Å². The maximum Gasteiger partial charge on any atom is 0.180 e. The van der Waals surface area contributed by atoms with E-state index in [9.17, 15) is 4.79 Å². The predicted octanol–water partition coefficient (Wildman–Crippen LogP) is 2.95. The summed E-state index contributed by atoms with van der Waals surface area (Å²) in [6, 6.07) is 0. The van der Waals surface area contributed by atoms with Gasteiger partial charge in [-0.1, -0.05) is 32.6 Å². The molecule has 1 aromatic rings. The van der Waals surface area contributed by atoms with Gasteiger partial charge in [0.25, 0.3) is 0 Å². The summed E-state index contributed by atoms with van der Waals surface area (Å²) in [6.45, 7) is 2.19. The van der Waals surface area contributed by atoms with E-state index in [1.165, 1.54) is 19.3 Å². The molecule has 1 heterocycles. The van der Waals surface area contributed by atoms with E-state index in [4.69, 9.17) is 0 Å². The van der Waals surface area contributed by atoms with Crippen LogP contribution in [0.3, 0.4) is 0 Å². The monoisotopic (exact) mass is 194 g/mol. The molecule has 0 radical (unpaired) electrons. The molecule has 0 aliphatic carbocycles. The third-order valence-corrected chi connectivity index (χ3v) is 2.31. The normalized spacial score (nSPS) is 10.4. The van der Waals surface area contributed by atoms with Crippen molar-refractivity contribution in [3.8, 4) is 0 Å². The van der Waals surface area contributed by atoms with Gasteiger partial charge < -0.3 is 4.98 Å². The Kier molecular flexibility index (Phi) is 4.97. The van der Waals surface area contributed by atoms with Crippen molar-refractivity contribution in [2.24, 2.45) is 0 Å². The van der Waals surface area contributed by atoms with Gasteiger partial charge >= 0.3 is 0 Å². The largest absolute Gasteiger partial charge is 0.342 e. The van der Waals surface area contributed by atoms with E-state index in [1.807, 2.05) is 0 Å². The number of aromatic amines is 1. The molecular weight excluding hydrogens is 176 g/mol. The third-order valence-electron chi connectivity index (χ3n) is 2.31. The highest BCUT2D eigenvalue weighted by Gasteiger charge is 2.05. The second-order valence-electron chi connectivity index (χ2n) is 3.55. The van der Waals surface area contributed by atoms with Crippen LogP contribution >= 0.6 is 0 Å². The summed E-state index contributed by atoms with van der Waals surface area (Å²) >= 11 is 0. The first-order valence-corrected chi connectivity index (χ1v) is 5.36. The van der Waals surface area contributed by atoms with Crippen LogP contribution in [-0.2, 0) is 0 Å². The van der Waals surface area contributed by atoms with Crippen molar-refractivity contribution in [3.05, 3.63) is 18.2 Å². The van der Waals surface area contributed by atoms with Crippen LogP contribution in [0.1, 0.15) is 55.9 Å². The smallest absolute Gasteiger partial charge is 0.180 e. The number of H-pyrrole nitrogens is 1. The summed E-state index contributed by atoms with van der Waals surface area (Å²) in [6.07, 6.45) is 9.70. The fourth-order valence-electron chi connectivity index (χ4n) is 1.43. The number of nitrogens with one attached hydrogen (secondary N) is 1. The number of ketones is 1. The van der Waals surface area contributed by atoms with Gasteiger partial charge in [0.05, 0.1) is 12.5 Å². The minimum atomic E-state index is 0.180. The van der Waals surface area contributed by atoms with Gasteiger partial charge in [-0.3, -0.25) is 4.79 Å². The third kappa shape index (κ3) is 3.73. The zero-order chi connectivity index (χ0) is 10.2. The number of imidazole rings is 1. The minimum absolute atomic E-state index is 0.180. The Bertz CT molecular complexity index is 254. The Morgan fingerprint density at radius 2 is 2.14 bits per heavy atom. The van der Waals surface area contributed by atoms with Crippen LogP contribution in [0, 0.1) is 0 Å². The molecule has 0 saturated heterocycles. The highest BCUT2D eigenvalue weighted by atomic mass is 16.1. The fourth-order valence-corrected chi connectivity index (χ4v) is 1.43. The lowest BCUT2D eigenvalue weighted by Gasteiger charge is -1.98.